The van der Waals surface area contributed by atoms with E-state index in [1.54, 1.807) is 6.20 Å². The van der Waals surface area contributed by atoms with Crippen molar-refractivity contribution in [2.24, 2.45) is 0 Å². The summed E-state index contributed by atoms with van der Waals surface area (Å²) in [4.78, 5) is 0. The highest BCUT2D eigenvalue weighted by Gasteiger charge is 1.98. The van der Waals surface area contributed by atoms with Gasteiger partial charge >= 0.3 is 0 Å². The van der Waals surface area contributed by atoms with Crippen LogP contribution in [0.4, 0.5) is 0 Å². The Balaban J connectivity index is 1.74. The van der Waals surface area contributed by atoms with E-state index >= 15 is 0 Å². The molecule has 2 aromatic rings. The minimum Gasteiger partial charge on any atom is -0.311 e. The van der Waals surface area contributed by atoms with Crippen molar-refractivity contribution in [1.29, 1.82) is 0 Å². The van der Waals surface area contributed by atoms with E-state index in [0.29, 0.717) is 0 Å². The first-order valence-corrected chi connectivity index (χ1v) is 5.66. The highest BCUT2D eigenvalue weighted by molar-refractivity contribution is 6.31. The highest BCUT2D eigenvalue weighted by Crippen LogP contribution is 2.14. The number of rotatable bonds is 5. The second-order valence-electron chi connectivity index (χ2n) is 3.60. The van der Waals surface area contributed by atoms with Crippen LogP contribution in [-0.2, 0) is 13.0 Å². The molecule has 1 heterocycles. The van der Waals surface area contributed by atoms with Gasteiger partial charge in [0.15, 0.2) is 0 Å². The smallest absolute Gasteiger partial charge is 0.0490 e. The Morgan fingerprint density at radius 1 is 1.25 bits per heavy atom. The summed E-state index contributed by atoms with van der Waals surface area (Å²) in [5.41, 5.74) is 2.28. The largest absolute Gasteiger partial charge is 0.311 e. The van der Waals surface area contributed by atoms with Crippen LogP contribution in [0.25, 0.3) is 0 Å². The van der Waals surface area contributed by atoms with E-state index in [1.807, 2.05) is 24.3 Å². The third kappa shape index (κ3) is 3.08. The first kappa shape index (κ1) is 11.2. The van der Waals surface area contributed by atoms with Gasteiger partial charge in [0.05, 0.1) is 0 Å². The second kappa shape index (κ2) is 5.68. The zero-order valence-electron chi connectivity index (χ0n) is 8.91. The molecule has 3 nitrogen and oxygen atoms in total. The fourth-order valence-electron chi connectivity index (χ4n) is 1.53. The van der Waals surface area contributed by atoms with Crippen LogP contribution >= 0.6 is 11.6 Å². The molecule has 0 aliphatic heterocycles. The molecule has 0 fully saturated rings. The van der Waals surface area contributed by atoms with Crippen molar-refractivity contribution in [3.63, 3.8) is 0 Å². The Hall–Kier alpha value is -1.32. The van der Waals surface area contributed by atoms with Gasteiger partial charge < -0.3 is 5.32 Å². The minimum absolute atomic E-state index is 0.810. The molecule has 2 N–H and O–H groups in total. The SMILES string of the molecule is Clc1ccccc1CCNCc1ccn[nH]1. The Bertz CT molecular complexity index is 426. The molecule has 0 saturated heterocycles. The first-order chi connectivity index (χ1) is 7.86. The van der Waals surface area contributed by atoms with Gasteiger partial charge in [-0.15, -0.1) is 0 Å². The molecule has 0 spiro atoms. The number of hydrogen-bond donors (Lipinski definition) is 2. The van der Waals surface area contributed by atoms with E-state index in [9.17, 15) is 0 Å². The third-order valence-corrected chi connectivity index (χ3v) is 2.77. The number of hydrogen-bond acceptors (Lipinski definition) is 2. The quantitative estimate of drug-likeness (QED) is 0.782. The zero-order chi connectivity index (χ0) is 11.2. The predicted molar refractivity (Wildman–Crippen MR) is 65.5 cm³/mol. The van der Waals surface area contributed by atoms with Crippen LogP contribution in [0.15, 0.2) is 36.5 Å². The lowest BCUT2D eigenvalue weighted by Crippen LogP contribution is -2.17. The Labute approximate surface area is 99.8 Å². The van der Waals surface area contributed by atoms with Crippen molar-refractivity contribution in [3.8, 4) is 0 Å². The molecule has 84 valence electrons. The monoisotopic (exact) mass is 235 g/mol. The predicted octanol–water partition coefficient (Wildman–Crippen LogP) is 2.40. The fraction of sp³-hybridized carbons (Fsp3) is 0.250. The van der Waals surface area contributed by atoms with Crippen LogP contribution in [0, 0.1) is 0 Å². The van der Waals surface area contributed by atoms with Crippen molar-refractivity contribution in [3.05, 3.63) is 52.8 Å². The summed E-state index contributed by atoms with van der Waals surface area (Å²) in [6.07, 6.45) is 2.69. The molecule has 1 aromatic carbocycles. The van der Waals surface area contributed by atoms with E-state index < -0.39 is 0 Å². The van der Waals surface area contributed by atoms with Gasteiger partial charge in [-0.3, -0.25) is 5.10 Å². The van der Waals surface area contributed by atoms with E-state index in [2.05, 4.69) is 21.6 Å². The molecule has 4 heteroatoms. The maximum Gasteiger partial charge on any atom is 0.0490 e. The lowest BCUT2D eigenvalue weighted by molar-refractivity contribution is 0.673. The third-order valence-electron chi connectivity index (χ3n) is 2.40. The van der Waals surface area contributed by atoms with Crippen LogP contribution in [-0.4, -0.2) is 16.7 Å². The van der Waals surface area contributed by atoms with Gasteiger partial charge in [0, 0.05) is 23.5 Å². The highest BCUT2D eigenvalue weighted by atomic mass is 35.5. The van der Waals surface area contributed by atoms with E-state index in [1.165, 1.54) is 5.56 Å². The van der Waals surface area contributed by atoms with Gasteiger partial charge in [0.1, 0.15) is 0 Å². The summed E-state index contributed by atoms with van der Waals surface area (Å²) in [5, 5.41) is 11.0. The molecule has 16 heavy (non-hydrogen) atoms. The van der Waals surface area contributed by atoms with Crippen molar-refractivity contribution >= 4 is 11.6 Å². The number of H-pyrrole nitrogens is 1. The van der Waals surface area contributed by atoms with Crippen LogP contribution in [0.5, 0.6) is 0 Å². The van der Waals surface area contributed by atoms with Crippen LogP contribution in [0.3, 0.4) is 0 Å². The summed E-state index contributed by atoms with van der Waals surface area (Å²) in [6.45, 7) is 1.72. The second-order valence-corrected chi connectivity index (χ2v) is 4.01. The Morgan fingerprint density at radius 3 is 2.88 bits per heavy atom. The number of nitrogens with zero attached hydrogens (tertiary/aromatic N) is 1. The van der Waals surface area contributed by atoms with Crippen LogP contribution < -0.4 is 5.32 Å². The fourth-order valence-corrected chi connectivity index (χ4v) is 1.76. The van der Waals surface area contributed by atoms with Gasteiger partial charge in [0.2, 0.25) is 0 Å². The normalized spacial score (nSPS) is 10.6. The number of aromatic amines is 1. The molecule has 0 amide bonds. The Kier molecular flexibility index (Phi) is 3.97. The molecular formula is C12H14ClN3. The van der Waals surface area contributed by atoms with Gasteiger partial charge in [-0.25, -0.2) is 0 Å². The number of halogens is 1. The molecule has 0 aliphatic carbocycles. The summed E-state index contributed by atoms with van der Waals surface area (Å²) >= 11 is 6.06. The molecule has 1 aromatic heterocycles. The molecule has 0 aliphatic rings. The number of aromatic nitrogens is 2. The lowest BCUT2D eigenvalue weighted by Gasteiger charge is -2.05. The summed E-state index contributed by atoms with van der Waals surface area (Å²) in [7, 11) is 0. The molecule has 0 saturated carbocycles. The van der Waals surface area contributed by atoms with Gasteiger partial charge in [-0.1, -0.05) is 29.8 Å². The van der Waals surface area contributed by atoms with E-state index in [-0.39, 0.29) is 0 Å². The molecular weight excluding hydrogens is 222 g/mol. The minimum atomic E-state index is 0.810. The molecule has 0 bridgehead atoms. The first-order valence-electron chi connectivity index (χ1n) is 5.28. The van der Waals surface area contributed by atoms with Crippen LogP contribution in [0.1, 0.15) is 11.3 Å². The van der Waals surface area contributed by atoms with Gasteiger partial charge in [-0.05, 0) is 30.7 Å². The van der Waals surface area contributed by atoms with E-state index in [0.717, 1.165) is 30.2 Å². The summed E-state index contributed by atoms with van der Waals surface area (Å²) in [5.74, 6) is 0. The summed E-state index contributed by atoms with van der Waals surface area (Å²) < 4.78 is 0. The molecule has 0 atom stereocenters. The topological polar surface area (TPSA) is 40.7 Å². The van der Waals surface area contributed by atoms with Crippen molar-refractivity contribution in [2.75, 3.05) is 6.54 Å². The molecule has 2 rings (SSSR count). The van der Waals surface area contributed by atoms with Crippen molar-refractivity contribution in [2.45, 2.75) is 13.0 Å². The van der Waals surface area contributed by atoms with Gasteiger partial charge in [-0.2, -0.15) is 5.10 Å². The van der Waals surface area contributed by atoms with E-state index in [4.69, 9.17) is 11.6 Å². The Morgan fingerprint density at radius 2 is 2.12 bits per heavy atom. The lowest BCUT2D eigenvalue weighted by atomic mass is 10.1. The molecule has 0 unspecified atom stereocenters. The van der Waals surface area contributed by atoms with Crippen molar-refractivity contribution < 1.29 is 0 Å². The van der Waals surface area contributed by atoms with Crippen molar-refractivity contribution in [1.82, 2.24) is 15.5 Å². The number of nitrogens with one attached hydrogen (secondary N) is 2. The zero-order valence-corrected chi connectivity index (χ0v) is 9.67. The average Bonchev–Trinajstić information content (AvgIpc) is 2.79. The average molecular weight is 236 g/mol. The maximum absolute atomic E-state index is 6.06. The summed E-state index contributed by atoms with van der Waals surface area (Å²) in [6, 6.07) is 9.90. The van der Waals surface area contributed by atoms with Gasteiger partial charge in [0.25, 0.3) is 0 Å². The molecule has 0 radical (unpaired) electrons. The standard InChI is InChI=1S/C12H14ClN3/c13-12-4-2-1-3-10(12)5-7-14-9-11-6-8-15-16-11/h1-4,6,8,14H,5,7,9H2,(H,15,16). The number of benzene rings is 1. The van der Waals surface area contributed by atoms with Crippen LogP contribution in [0.2, 0.25) is 5.02 Å². The maximum atomic E-state index is 6.06.